The standard InChI is InChI=1S/C17H19Cl2NS/c1-12(2)10-20-11-13-14(18)7-5-9-16(13)21-17-8-4-3-6-15(17)19/h3-9,12,20H,10-11H2,1-2H3. The molecule has 112 valence electrons. The largest absolute Gasteiger partial charge is 0.312 e. The molecule has 4 heteroatoms. The van der Waals surface area contributed by atoms with Crippen molar-refractivity contribution in [1.29, 1.82) is 0 Å². The Morgan fingerprint density at radius 2 is 1.62 bits per heavy atom. The number of benzene rings is 2. The molecule has 0 atom stereocenters. The molecule has 0 amide bonds. The highest BCUT2D eigenvalue weighted by atomic mass is 35.5. The van der Waals surface area contributed by atoms with Gasteiger partial charge in [-0.3, -0.25) is 0 Å². The molecule has 0 unspecified atom stereocenters. The number of nitrogens with one attached hydrogen (secondary N) is 1. The van der Waals surface area contributed by atoms with Crippen LogP contribution in [0.4, 0.5) is 0 Å². The molecular formula is C17H19Cl2NS. The van der Waals surface area contributed by atoms with Gasteiger partial charge in [-0.05, 0) is 42.3 Å². The summed E-state index contributed by atoms with van der Waals surface area (Å²) in [5.41, 5.74) is 1.13. The average molecular weight is 340 g/mol. The molecular weight excluding hydrogens is 321 g/mol. The minimum atomic E-state index is 0.618. The number of hydrogen-bond acceptors (Lipinski definition) is 2. The van der Waals surface area contributed by atoms with Crippen molar-refractivity contribution in [2.75, 3.05) is 6.54 Å². The maximum atomic E-state index is 6.36. The molecule has 0 heterocycles. The Kier molecular flexibility index (Phi) is 6.43. The van der Waals surface area contributed by atoms with Gasteiger partial charge in [0.05, 0.1) is 5.02 Å². The third-order valence-corrected chi connectivity index (χ3v) is 4.96. The summed E-state index contributed by atoms with van der Waals surface area (Å²) in [5, 5.41) is 5.01. The van der Waals surface area contributed by atoms with Gasteiger partial charge in [-0.1, -0.05) is 67.0 Å². The molecule has 0 fully saturated rings. The second kappa shape index (κ2) is 8.09. The summed E-state index contributed by atoms with van der Waals surface area (Å²) in [5.74, 6) is 0.618. The summed E-state index contributed by atoms with van der Waals surface area (Å²) >= 11 is 14.3. The van der Waals surface area contributed by atoms with Crippen LogP contribution in [-0.4, -0.2) is 6.54 Å². The van der Waals surface area contributed by atoms with Gasteiger partial charge in [-0.15, -0.1) is 0 Å². The Labute approximate surface area is 141 Å². The van der Waals surface area contributed by atoms with Crippen LogP contribution in [0.1, 0.15) is 19.4 Å². The Balaban J connectivity index is 2.19. The second-order valence-corrected chi connectivity index (χ2v) is 7.17. The minimum absolute atomic E-state index is 0.618. The summed E-state index contributed by atoms with van der Waals surface area (Å²) in [6, 6.07) is 13.9. The van der Waals surface area contributed by atoms with Crippen molar-refractivity contribution in [2.24, 2.45) is 5.92 Å². The maximum Gasteiger partial charge on any atom is 0.0545 e. The molecule has 1 nitrogen and oxygen atoms in total. The van der Waals surface area contributed by atoms with E-state index >= 15 is 0 Å². The van der Waals surface area contributed by atoms with E-state index in [2.05, 4.69) is 25.2 Å². The maximum absolute atomic E-state index is 6.36. The predicted octanol–water partition coefficient (Wildman–Crippen LogP) is 5.89. The van der Waals surface area contributed by atoms with Crippen molar-refractivity contribution in [2.45, 2.75) is 30.2 Å². The number of rotatable bonds is 6. The van der Waals surface area contributed by atoms with Gasteiger partial charge in [-0.2, -0.15) is 0 Å². The van der Waals surface area contributed by atoms with E-state index in [1.807, 2.05) is 36.4 Å². The van der Waals surface area contributed by atoms with Crippen molar-refractivity contribution >= 4 is 35.0 Å². The number of hydrogen-bond donors (Lipinski definition) is 1. The van der Waals surface area contributed by atoms with Crippen molar-refractivity contribution < 1.29 is 0 Å². The van der Waals surface area contributed by atoms with E-state index in [-0.39, 0.29) is 0 Å². The monoisotopic (exact) mass is 339 g/mol. The molecule has 0 radical (unpaired) electrons. The zero-order chi connectivity index (χ0) is 15.2. The molecule has 2 aromatic carbocycles. The molecule has 21 heavy (non-hydrogen) atoms. The fourth-order valence-electron chi connectivity index (χ4n) is 1.94. The fourth-order valence-corrected chi connectivity index (χ4v) is 3.49. The SMILES string of the molecule is CC(C)CNCc1c(Cl)cccc1Sc1ccccc1Cl. The molecule has 0 bridgehead atoms. The van der Waals surface area contributed by atoms with Crippen molar-refractivity contribution in [1.82, 2.24) is 5.32 Å². The van der Waals surface area contributed by atoms with Crippen LogP contribution in [0.15, 0.2) is 52.3 Å². The first-order valence-corrected chi connectivity index (χ1v) is 8.55. The highest BCUT2D eigenvalue weighted by Gasteiger charge is 2.10. The summed E-state index contributed by atoms with van der Waals surface area (Å²) < 4.78 is 0. The first-order valence-electron chi connectivity index (χ1n) is 6.98. The van der Waals surface area contributed by atoms with E-state index in [9.17, 15) is 0 Å². The van der Waals surface area contributed by atoms with E-state index < -0.39 is 0 Å². The Bertz CT molecular complexity index is 599. The van der Waals surface area contributed by atoms with Crippen LogP contribution in [0.3, 0.4) is 0 Å². The second-order valence-electron chi connectivity index (χ2n) is 5.27. The van der Waals surface area contributed by atoms with Gasteiger partial charge in [0, 0.05) is 21.4 Å². The molecule has 2 aromatic rings. The van der Waals surface area contributed by atoms with Crippen molar-refractivity contribution in [3.05, 3.63) is 58.1 Å². The molecule has 0 saturated carbocycles. The molecule has 0 aliphatic rings. The van der Waals surface area contributed by atoms with Gasteiger partial charge in [-0.25, -0.2) is 0 Å². The average Bonchev–Trinajstić information content (AvgIpc) is 2.44. The lowest BCUT2D eigenvalue weighted by Crippen LogP contribution is -2.19. The third kappa shape index (κ3) is 4.93. The van der Waals surface area contributed by atoms with E-state index in [0.717, 1.165) is 38.5 Å². The molecule has 0 spiro atoms. The predicted molar refractivity (Wildman–Crippen MR) is 93.6 cm³/mol. The van der Waals surface area contributed by atoms with Gasteiger partial charge < -0.3 is 5.32 Å². The van der Waals surface area contributed by atoms with Crippen LogP contribution in [0.5, 0.6) is 0 Å². The Morgan fingerprint density at radius 3 is 2.33 bits per heavy atom. The molecule has 0 aliphatic heterocycles. The zero-order valence-corrected chi connectivity index (χ0v) is 14.5. The lowest BCUT2D eigenvalue weighted by molar-refractivity contribution is 0.550. The van der Waals surface area contributed by atoms with E-state index in [1.54, 1.807) is 11.8 Å². The lowest BCUT2D eigenvalue weighted by Gasteiger charge is -2.14. The highest BCUT2D eigenvalue weighted by Crippen LogP contribution is 2.37. The molecule has 1 N–H and O–H groups in total. The smallest absolute Gasteiger partial charge is 0.0545 e. The summed E-state index contributed by atoms with van der Waals surface area (Å²) in [6.45, 7) is 6.13. The normalized spacial score (nSPS) is 11.1. The Morgan fingerprint density at radius 1 is 0.952 bits per heavy atom. The molecule has 2 rings (SSSR count). The summed E-state index contributed by atoms with van der Waals surface area (Å²) in [7, 11) is 0. The summed E-state index contributed by atoms with van der Waals surface area (Å²) in [6.07, 6.45) is 0. The minimum Gasteiger partial charge on any atom is -0.312 e. The van der Waals surface area contributed by atoms with Gasteiger partial charge in [0.15, 0.2) is 0 Å². The highest BCUT2D eigenvalue weighted by molar-refractivity contribution is 7.99. The zero-order valence-electron chi connectivity index (χ0n) is 12.2. The number of halogens is 2. The summed E-state index contributed by atoms with van der Waals surface area (Å²) in [4.78, 5) is 2.19. The first kappa shape index (κ1) is 16.7. The van der Waals surface area contributed by atoms with Crippen LogP contribution in [0.25, 0.3) is 0 Å². The van der Waals surface area contributed by atoms with E-state index in [4.69, 9.17) is 23.2 Å². The van der Waals surface area contributed by atoms with E-state index in [1.165, 1.54) is 0 Å². The van der Waals surface area contributed by atoms with E-state index in [0.29, 0.717) is 5.92 Å². The van der Waals surface area contributed by atoms with Gasteiger partial charge in [0.2, 0.25) is 0 Å². The fraction of sp³-hybridized carbons (Fsp3) is 0.294. The third-order valence-electron chi connectivity index (χ3n) is 2.99. The quantitative estimate of drug-likeness (QED) is 0.704. The van der Waals surface area contributed by atoms with Gasteiger partial charge >= 0.3 is 0 Å². The van der Waals surface area contributed by atoms with Crippen LogP contribution in [-0.2, 0) is 6.54 Å². The topological polar surface area (TPSA) is 12.0 Å². The lowest BCUT2D eigenvalue weighted by atomic mass is 10.2. The molecule has 0 aromatic heterocycles. The van der Waals surface area contributed by atoms with Crippen LogP contribution in [0.2, 0.25) is 10.0 Å². The van der Waals surface area contributed by atoms with Crippen molar-refractivity contribution in [3.8, 4) is 0 Å². The van der Waals surface area contributed by atoms with Crippen molar-refractivity contribution in [3.63, 3.8) is 0 Å². The molecule has 0 saturated heterocycles. The molecule has 0 aliphatic carbocycles. The van der Waals surface area contributed by atoms with Crippen LogP contribution < -0.4 is 5.32 Å². The van der Waals surface area contributed by atoms with Crippen LogP contribution in [0, 0.1) is 5.92 Å². The Hall–Kier alpha value is -0.670. The van der Waals surface area contributed by atoms with Gasteiger partial charge in [0.25, 0.3) is 0 Å². The first-order chi connectivity index (χ1) is 10.1. The van der Waals surface area contributed by atoms with Crippen LogP contribution >= 0.6 is 35.0 Å². The van der Waals surface area contributed by atoms with Gasteiger partial charge in [0.1, 0.15) is 0 Å².